The molecule has 1 aliphatic rings. The summed E-state index contributed by atoms with van der Waals surface area (Å²) in [6.07, 6.45) is 5.17. The molecule has 7 nitrogen and oxygen atoms in total. The Labute approximate surface area is 191 Å². The van der Waals surface area contributed by atoms with E-state index < -0.39 is 0 Å². The van der Waals surface area contributed by atoms with E-state index in [0.29, 0.717) is 23.9 Å². The summed E-state index contributed by atoms with van der Waals surface area (Å²) in [5.41, 5.74) is 5.88. The predicted octanol–water partition coefficient (Wildman–Crippen LogP) is 4.21. The summed E-state index contributed by atoms with van der Waals surface area (Å²) in [4.78, 5) is 21.1. The Morgan fingerprint density at radius 2 is 1.64 bits per heavy atom. The minimum absolute atomic E-state index is 0.273. The number of ether oxygens (including phenoxy) is 2. The van der Waals surface area contributed by atoms with Gasteiger partial charge in [-0.15, -0.1) is 0 Å². The zero-order valence-electron chi connectivity index (χ0n) is 18.5. The van der Waals surface area contributed by atoms with Crippen molar-refractivity contribution in [2.45, 2.75) is 19.4 Å². The molecule has 0 unspecified atom stereocenters. The first-order valence-corrected chi connectivity index (χ1v) is 10.8. The highest BCUT2D eigenvalue weighted by atomic mass is 16.5. The van der Waals surface area contributed by atoms with Crippen molar-refractivity contribution in [2.75, 3.05) is 19.5 Å². The van der Waals surface area contributed by atoms with E-state index in [1.54, 1.807) is 31.2 Å². The summed E-state index contributed by atoms with van der Waals surface area (Å²) in [5, 5.41) is 3.28. The molecule has 0 amide bonds. The second-order valence-corrected chi connectivity index (χ2v) is 7.93. The van der Waals surface area contributed by atoms with Gasteiger partial charge < -0.3 is 14.8 Å². The number of aromatic nitrogens is 3. The fraction of sp³-hybridized carbons (Fsp3) is 0.192. The van der Waals surface area contributed by atoms with Gasteiger partial charge in [0, 0.05) is 36.3 Å². The monoisotopic (exact) mass is 440 g/mol. The Morgan fingerprint density at radius 1 is 0.939 bits per heavy atom. The summed E-state index contributed by atoms with van der Waals surface area (Å²) in [6.45, 7) is 0.577. The van der Waals surface area contributed by atoms with Crippen LogP contribution in [0.1, 0.15) is 16.7 Å². The first-order valence-electron chi connectivity index (χ1n) is 10.8. The normalized spacial score (nSPS) is 11.9. The third-order valence-electron chi connectivity index (χ3n) is 5.89. The maximum atomic E-state index is 12.8. The van der Waals surface area contributed by atoms with Gasteiger partial charge in [0.15, 0.2) is 11.5 Å². The molecule has 3 heterocycles. The van der Waals surface area contributed by atoms with Gasteiger partial charge in [-0.3, -0.25) is 9.55 Å². The fourth-order valence-corrected chi connectivity index (χ4v) is 4.20. The van der Waals surface area contributed by atoms with Crippen LogP contribution in [0.3, 0.4) is 0 Å². The Morgan fingerprint density at radius 3 is 2.36 bits per heavy atom. The lowest BCUT2D eigenvalue weighted by Crippen LogP contribution is -2.28. The average Bonchev–Trinajstić information content (AvgIpc) is 2.85. The van der Waals surface area contributed by atoms with Crippen LogP contribution in [0.4, 0.5) is 11.5 Å². The van der Waals surface area contributed by atoms with Crippen LogP contribution < -0.4 is 20.5 Å². The van der Waals surface area contributed by atoms with Crippen LogP contribution in [0.2, 0.25) is 0 Å². The summed E-state index contributed by atoms with van der Waals surface area (Å²) >= 11 is 0. The van der Waals surface area contributed by atoms with Crippen LogP contribution in [0, 0.1) is 0 Å². The number of nitrogens with one attached hydrogen (secondary N) is 1. The largest absolute Gasteiger partial charge is 0.493 e. The van der Waals surface area contributed by atoms with Crippen molar-refractivity contribution in [3.05, 3.63) is 94.2 Å². The van der Waals surface area contributed by atoms with E-state index in [1.165, 1.54) is 11.1 Å². The van der Waals surface area contributed by atoms with Crippen LogP contribution in [0.25, 0.3) is 11.3 Å². The molecule has 0 atom stereocenters. The molecule has 0 saturated heterocycles. The molecular weight excluding hydrogens is 416 g/mol. The van der Waals surface area contributed by atoms with Crippen molar-refractivity contribution in [2.24, 2.45) is 0 Å². The fourth-order valence-electron chi connectivity index (χ4n) is 4.20. The van der Waals surface area contributed by atoms with Crippen LogP contribution in [-0.2, 0) is 19.4 Å². The number of nitrogens with zero attached hydrogens (tertiary/aromatic N) is 3. The molecule has 0 bridgehead atoms. The lowest BCUT2D eigenvalue weighted by molar-refractivity contribution is 0.354. The number of methoxy groups -OCH3 is 2. The number of pyridine rings is 1. The summed E-state index contributed by atoms with van der Waals surface area (Å²) < 4.78 is 12.6. The zero-order chi connectivity index (χ0) is 22.8. The third-order valence-corrected chi connectivity index (χ3v) is 5.89. The molecule has 2 aromatic heterocycles. The maximum absolute atomic E-state index is 12.8. The topological polar surface area (TPSA) is 78.3 Å². The second-order valence-electron chi connectivity index (χ2n) is 7.93. The Kier molecular flexibility index (Phi) is 5.52. The molecule has 33 heavy (non-hydrogen) atoms. The van der Waals surface area contributed by atoms with E-state index in [0.717, 1.165) is 35.3 Å². The lowest BCUT2D eigenvalue weighted by Gasteiger charge is -2.23. The van der Waals surface area contributed by atoms with Gasteiger partial charge >= 0.3 is 5.69 Å². The molecule has 2 aromatic carbocycles. The van der Waals surface area contributed by atoms with E-state index in [2.05, 4.69) is 27.4 Å². The van der Waals surface area contributed by atoms with Crippen molar-refractivity contribution in [1.29, 1.82) is 0 Å². The summed E-state index contributed by atoms with van der Waals surface area (Å²) in [7, 11) is 3.23. The molecule has 1 N–H and O–H groups in total. The molecular formula is C26H24N4O3. The summed E-state index contributed by atoms with van der Waals surface area (Å²) in [5.74, 6) is 1.83. The number of hydrogen-bond acceptors (Lipinski definition) is 6. The summed E-state index contributed by atoms with van der Waals surface area (Å²) in [6, 6.07) is 18.0. The van der Waals surface area contributed by atoms with Gasteiger partial charge in [0.25, 0.3) is 0 Å². The molecule has 166 valence electrons. The van der Waals surface area contributed by atoms with Crippen molar-refractivity contribution in [3.63, 3.8) is 0 Å². The number of rotatable bonds is 6. The standard InChI is InChI=1S/C26H24N4O3/c1-32-23-14-19-9-12-30-22(21(19)15-24(23)33-2)16-25(29-26(30)31)28-20-5-3-17(4-6-20)13-18-7-10-27-11-8-18/h3-8,10-11,14-16H,9,12-13H2,1-2H3,(H,28,29,31). The van der Waals surface area contributed by atoms with Gasteiger partial charge in [0.1, 0.15) is 5.82 Å². The van der Waals surface area contributed by atoms with Crippen molar-refractivity contribution in [1.82, 2.24) is 14.5 Å². The molecule has 5 rings (SSSR count). The SMILES string of the molecule is COc1cc2c(cc1OC)-c1cc(Nc3ccc(Cc4ccncc4)cc3)nc(=O)n1CC2. The van der Waals surface area contributed by atoms with Crippen molar-refractivity contribution < 1.29 is 9.47 Å². The Balaban J connectivity index is 1.43. The molecule has 4 aromatic rings. The minimum Gasteiger partial charge on any atom is -0.493 e. The number of anilines is 2. The van der Waals surface area contributed by atoms with Gasteiger partial charge in [-0.05, 0) is 65.9 Å². The number of aryl methyl sites for hydroxylation is 1. The van der Waals surface area contributed by atoms with Gasteiger partial charge in [-0.2, -0.15) is 4.98 Å². The van der Waals surface area contributed by atoms with Crippen molar-refractivity contribution in [3.8, 4) is 22.8 Å². The number of benzene rings is 2. The average molecular weight is 441 g/mol. The molecule has 0 radical (unpaired) electrons. The minimum atomic E-state index is -0.273. The van der Waals surface area contributed by atoms with Crippen molar-refractivity contribution >= 4 is 11.5 Å². The van der Waals surface area contributed by atoms with Crippen LogP contribution >= 0.6 is 0 Å². The van der Waals surface area contributed by atoms with Crippen LogP contribution in [0.15, 0.2) is 71.8 Å². The number of fused-ring (bicyclic) bond motifs is 3. The smallest absolute Gasteiger partial charge is 0.350 e. The van der Waals surface area contributed by atoms with E-state index in [9.17, 15) is 4.79 Å². The second kappa shape index (κ2) is 8.78. The molecule has 7 heteroatoms. The highest BCUT2D eigenvalue weighted by Crippen LogP contribution is 2.38. The first-order chi connectivity index (χ1) is 16.1. The van der Waals surface area contributed by atoms with E-state index >= 15 is 0 Å². The first kappa shape index (κ1) is 20.8. The zero-order valence-corrected chi connectivity index (χ0v) is 18.5. The van der Waals surface area contributed by atoms with Gasteiger partial charge in [0.05, 0.1) is 19.9 Å². The number of hydrogen-bond donors (Lipinski definition) is 1. The van der Waals surface area contributed by atoms with E-state index in [-0.39, 0.29) is 5.69 Å². The molecule has 0 saturated carbocycles. The third kappa shape index (κ3) is 4.17. The van der Waals surface area contributed by atoms with Gasteiger partial charge in [0.2, 0.25) is 0 Å². The van der Waals surface area contributed by atoms with Crippen LogP contribution in [-0.4, -0.2) is 28.8 Å². The Bertz CT molecular complexity index is 1350. The van der Waals surface area contributed by atoms with E-state index in [1.807, 2.05) is 42.5 Å². The quantitative estimate of drug-likeness (QED) is 0.484. The highest BCUT2D eigenvalue weighted by molar-refractivity contribution is 5.73. The molecule has 1 aliphatic heterocycles. The molecule has 0 spiro atoms. The van der Waals surface area contributed by atoms with Gasteiger partial charge in [-0.25, -0.2) is 4.79 Å². The molecule has 0 aliphatic carbocycles. The highest BCUT2D eigenvalue weighted by Gasteiger charge is 2.21. The maximum Gasteiger partial charge on any atom is 0.350 e. The predicted molar refractivity (Wildman–Crippen MR) is 128 cm³/mol. The van der Waals surface area contributed by atoms with E-state index in [4.69, 9.17) is 9.47 Å². The van der Waals surface area contributed by atoms with Crippen LogP contribution in [0.5, 0.6) is 11.5 Å². The van der Waals surface area contributed by atoms with Gasteiger partial charge in [-0.1, -0.05) is 12.1 Å². The molecule has 0 fully saturated rings. The lowest BCUT2D eigenvalue weighted by atomic mass is 9.97. The Hall–Kier alpha value is -4.13.